The molecule has 1 heterocycles. The molecule has 0 spiro atoms. The molecule has 0 aliphatic heterocycles. The average Bonchev–Trinajstić information content (AvgIpc) is 2.76. The van der Waals surface area contributed by atoms with Gasteiger partial charge in [-0.1, -0.05) is 19.4 Å². The Balaban J connectivity index is 3.18. The van der Waals surface area contributed by atoms with Crippen LogP contribution in [-0.4, -0.2) is 23.5 Å². The van der Waals surface area contributed by atoms with E-state index < -0.39 is 0 Å². The lowest BCUT2D eigenvalue weighted by molar-refractivity contribution is 0.771. The lowest BCUT2D eigenvalue weighted by Crippen LogP contribution is -1.95. The second-order valence-electron chi connectivity index (χ2n) is 3.77. The Kier molecular flexibility index (Phi) is 5.15. The van der Waals surface area contributed by atoms with Crippen LogP contribution >= 0.6 is 0 Å². The Morgan fingerprint density at radius 2 is 2.35 bits per heavy atom. The normalized spacial score (nSPS) is 12.0. The smallest absolute Gasteiger partial charge is 0.170 e. The first-order valence-corrected chi connectivity index (χ1v) is 5.84. The van der Waals surface area contributed by atoms with E-state index in [0.29, 0.717) is 5.69 Å². The fourth-order valence-corrected chi connectivity index (χ4v) is 1.73. The summed E-state index contributed by atoms with van der Waals surface area (Å²) in [5.74, 6) is 0. The summed E-state index contributed by atoms with van der Waals surface area (Å²) in [4.78, 5) is 4.02. The summed E-state index contributed by atoms with van der Waals surface area (Å²) < 4.78 is 0. The molecule has 0 bridgehead atoms. The van der Waals surface area contributed by atoms with Gasteiger partial charge in [0.15, 0.2) is 5.69 Å². The number of unbranched alkanes of at least 4 members (excludes halogenated alkanes) is 1. The number of hydrogen-bond acceptors (Lipinski definition) is 3. The lowest BCUT2D eigenvalue weighted by Gasteiger charge is -2.03. The molecule has 4 nitrogen and oxygen atoms in total. The van der Waals surface area contributed by atoms with Gasteiger partial charge in [0.05, 0.1) is 0 Å². The molecule has 1 aromatic rings. The summed E-state index contributed by atoms with van der Waals surface area (Å²) in [5, 5.41) is 16.1. The number of rotatable bonds is 5. The molecule has 0 atom stereocenters. The van der Waals surface area contributed by atoms with Crippen LogP contribution in [0.15, 0.2) is 11.1 Å². The van der Waals surface area contributed by atoms with E-state index in [9.17, 15) is 0 Å². The Morgan fingerprint density at radius 3 is 2.88 bits per heavy atom. The van der Waals surface area contributed by atoms with Gasteiger partial charge < -0.3 is 0 Å². The molecule has 0 saturated heterocycles. The van der Waals surface area contributed by atoms with Gasteiger partial charge in [-0.15, -0.1) is 0 Å². The van der Waals surface area contributed by atoms with Crippen molar-refractivity contribution in [1.29, 1.82) is 5.26 Å². The van der Waals surface area contributed by atoms with Gasteiger partial charge in [0.1, 0.15) is 6.07 Å². The highest BCUT2D eigenvalue weighted by Crippen LogP contribution is 2.21. The van der Waals surface area contributed by atoms with Crippen molar-refractivity contribution in [2.45, 2.75) is 33.1 Å². The van der Waals surface area contributed by atoms with E-state index in [1.807, 2.05) is 13.0 Å². The third-order valence-corrected chi connectivity index (χ3v) is 2.60. The molecule has 4 heteroatoms. The van der Waals surface area contributed by atoms with Gasteiger partial charge >= 0.3 is 0 Å². The maximum atomic E-state index is 9.07. The average molecular weight is 230 g/mol. The zero-order chi connectivity index (χ0) is 12.7. The molecular formula is C13H18N4. The number of aliphatic imine (C=N–C) groups is 1. The fourth-order valence-electron chi connectivity index (χ4n) is 1.73. The third kappa shape index (κ3) is 3.04. The van der Waals surface area contributed by atoms with E-state index in [1.54, 1.807) is 13.3 Å². The van der Waals surface area contributed by atoms with Gasteiger partial charge in [-0.2, -0.15) is 10.4 Å². The number of aromatic amines is 1. The highest BCUT2D eigenvalue weighted by Gasteiger charge is 2.14. The minimum Gasteiger partial charge on any atom is -0.296 e. The highest BCUT2D eigenvalue weighted by atomic mass is 15.1. The summed E-state index contributed by atoms with van der Waals surface area (Å²) >= 11 is 0. The van der Waals surface area contributed by atoms with Gasteiger partial charge in [0.2, 0.25) is 0 Å². The van der Waals surface area contributed by atoms with E-state index in [-0.39, 0.29) is 0 Å². The van der Waals surface area contributed by atoms with Crippen LogP contribution < -0.4 is 0 Å². The molecule has 0 unspecified atom stereocenters. The van der Waals surface area contributed by atoms with Crippen LogP contribution in [0.25, 0.3) is 5.57 Å². The van der Waals surface area contributed by atoms with Crippen LogP contribution in [0.5, 0.6) is 0 Å². The first-order chi connectivity index (χ1) is 8.28. The maximum Gasteiger partial charge on any atom is 0.170 e. The number of hydrogen-bond donors (Lipinski definition) is 1. The molecule has 1 aromatic heterocycles. The molecule has 1 rings (SSSR count). The number of allylic oxidation sites excluding steroid dienone is 2. The minimum absolute atomic E-state index is 0.448. The van der Waals surface area contributed by atoms with Crippen LogP contribution in [0.2, 0.25) is 0 Å². The van der Waals surface area contributed by atoms with Crippen LogP contribution in [0.3, 0.4) is 0 Å². The Morgan fingerprint density at radius 1 is 1.59 bits per heavy atom. The maximum absolute atomic E-state index is 9.07. The van der Waals surface area contributed by atoms with Gasteiger partial charge in [-0.3, -0.25) is 10.1 Å². The first-order valence-electron chi connectivity index (χ1n) is 5.84. The number of nitrogens with one attached hydrogen (secondary N) is 1. The van der Waals surface area contributed by atoms with Crippen molar-refractivity contribution in [2.24, 2.45) is 4.99 Å². The SMILES string of the molecule is CC=C(C=NC)c1c(C#N)n[nH]c1CCCC. The highest BCUT2D eigenvalue weighted by molar-refractivity contribution is 6.10. The third-order valence-electron chi connectivity index (χ3n) is 2.60. The van der Waals surface area contributed by atoms with Gasteiger partial charge in [-0.25, -0.2) is 0 Å². The largest absolute Gasteiger partial charge is 0.296 e. The molecule has 0 fully saturated rings. The topological polar surface area (TPSA) is 64.8 Å². The second-order valence-corrected chi connectivity index (χ2v) is 3.77. The van der Waals surface area contributed by atoms with Crippen LogP contribution in [-0.2, 0) is 6.42 Å². The zero-order valence-electron chi connectivity index (χ0n) is 10.6. The monoisotopic (exact) mass is 230 g/mol. The second kappa shape index (κ2) is 6.64. The molecule has 0 aliphatic rings. The van der Waals surface area contributed by atoms with Crippen molar-refractivity contribution in [3.63, 3.8) is 0 Å². The molecule has 0 aliphatic carbocycles. The van der Waals surface area contributed by atoms with E-state index in [2.05, 4.69) is 28.2 Å². The van der Waals surface area contributed by atoms with Crippen molar-refractivity contribution < 1.29 is 0 Å². The predicted octanol–water partition coefficient (Wildman–Crippen LogP) is 2.73. The molecule has 0 amide bonds. The van der Waals surface area contributed by atoms with Crippen LogP contribution in [0.1, 0.15) is 43.6 Å². The van der Waals surface area contributed by atoms with Gasteiger partial charge in [-0.05, 0) is 19.8 Å². The van der Waals surface area contributed by atoms with Crippen molar-refractivity contribution in [3.8, 4) is 6.07 Å². The van der Waals surface area contributed by atoms with E-state index in [0.717, 1.165) is 36.1 Å². The van der Waals surface area contributed by atoms with E-state index >= 15 is 0 Å². The standard InChI is InChI=1S/C13H18N4/c1-4-6-7-11-13(10(5-2)9-15-3)12(8-14)17-16-11/h5,9H,4,6-7H2,1-3H3,(H,16,17). The van der Waals surface area contributed by atoms with Crippen LogP contribution in [0, 0.1) is 11.3 Å². The Bertz CT molecular complexity index is 460. The van der Waals surface area contributed by atoms with Gasteiger partial charge in [0, 0.05) is 30.1 Å². The molecular weight excluding hydrogens is 212 g/mol. The predicted molar refractivity (Wildman–Crippen MR) is 70.0 cm³/mol. The number of aryl methyl sites for hydroxylation is 1. The van der Waals surface area contributed by atoms with E-state index in [4.69, 9.17) is 5.26 Å². The summed E-state index contributed by atoms with van der Waals surface area (Å²) in [6.07, 6.45) is 6.83. The molecule has 1 N–H and O–H groups in total. The summed E-state index contributed by atoms with van der Waals surface area (Å²) in [5.41, 5.74) is 3.32. The van der Waals surface area contributed by atoms with Crippen LogP contribution in [0.4, 0.5) is 0 Å². The minimum atomic E-state index is 0.448. The van der Waals surface area contributed by atoms with Crippen molar-refractivity contribution >= 4 is 11.8 Å². The summed E-state index contributed by atoms with van der Waals surface area (Å²) in [6, 6.07) is 2.12. The molecule has 0 saturated carbocycles. The quantitative estimate of drug-likeness (QED) is 0.790. The van der Waals surface area contributed by atoms with Crippen molar-refractivity contribution in [1.82, 2.24) is 10.2 Å². The zero-order valence-corrected chi connectivity index (χ0v) is 10.6. The Labute approximate surface area is 102 Å². The summed E-state index contributed by atoms with van der Waals surface area (Å²) in [7, 11) is 1.72. The van der Waals surface area contributed by atoms with E-state index in [1.165, 1.54) is 0 Å². The number of aromatic nitrogens is 2. The van der Waals surface area contributed by atoms with Crippen molar-refractivity contribution in [2.75, 3.05) is 7.05 Å². The number of H-pyrrole nitrogens is 1. The number of nitrogens with zero attached hydrogens (tertiary/aromatic N) is 3. The molecule has 90 valence electrons. The first kappa shape index (κ1) is 13.2. The number of nitriles is 1. The molecule has 0 aromatic carbocycles. The van der Waals surface area contributed by atoms with Crippen molar-refractivity contribution in [3.05, 3.63) is 23.0 Å². The lowest BCUT2D eigenvalue weighted by atomic mass is 10.0. The fraction of sp³-hybridized carbons (Fsp3) is 0.462. The molecule has 17 heavy (non-hydrogen) atoms. The summed E-state index contributed by atoms with van der Waals surface area (Å²) in [6.45, 7) is 4.08. The Hall–Kier alpha value is -1.89. The van der Waals surface area contributed by atoms with Gasteiger partial charge in [0.25, 0.3) is 0 Å². The molecule has 0 radical (unpaired) electrons.